The number of carbonyl (C=O) groups is 2. The Kier molecular flexibility index (Phi) is 7.35. The molecule has 1 saturated heterocycles. The van der Waals surface area contributed by atoms with Gasteiger partial charge in [-0.25, -0.2) is 9.59 Å². The molecule has 1 heterocycles. The third kappa shape index (κ3) is 6.45. The van der Waals surface area contributed by atoms with E-state index in [-0.39, 0.29) is 18.8 Å². The fraction of sp³-hybridized carbons (Fsp3) is 0.529. The lowest BCUT2D eigenvalue weighted by Gasteiger charge is -2.31. The molecule has 1 aromatic carbocycles. The van der Waals surface area contributed by atoms with Gasteiger partial charge < -0.3 is 25.0 Å². The fourth-order valence-electron chi connectivity index (χ4n) is 2.55. The van der Waals surface area contributed by atoms with Crippen LogP contribution in [-0.4, -0.2) is 56.4 Å². The van der Waals surface area contributed by atoms with Gasteiger partial charge in [0.2, 0.25) is 0 Å². The zero-order valence-corrected chi connectivity index (χ0v) is 14.0. The molecule has 1 fully saturated rings. The van der Waals surface area contributed by atoms with Crippen molar-refractivity contribution in [3.8, 4) is 0 Å². The Labute approximate surface area is 142 Å². The first-order valence-corrected chi connectivity index (χ1v) is 8.22. The topological polar surface area (TPSA) is 79.9 Å². The summed E-state index contributed by atoms with van der Waals surface area (Å²) in [5, 5.41) is 5.21. The molecule has 2 amide bonds. The highest BCUT2D eigenvalue weighted by Crippen LogP contribution is 2.13. The first kappa shape index (κ1) is 18.1. The summed E-state index contributed by atoms with van der Waals surface area (Å²) < 4.78 is 10.4. The van der Waals surface area contributed by atoms with E-state index in [1.807, 2.05) is 30.3 Å². The number of alkyl carbamates (subject to hydrolysis) is 2. The molecule has 0 aliphatic carbocycles. The van der Waals surface area contributed by atoms with E-state index in [1.165, 1.54) is 0 Å². The third-order valence-electron chi connectivity index (χ3n) is 3.92. The van der Waals surface area contributed by atoms with E-state index >= 15 is 0 Å². The van der Waals surface area contributed by atoms with Crippen molar-refractivity contribution in [1.29, 1.82) is 0 Å². The van der Waals surface area contributed by atoms with E-state index in [2.05, 4.69) is 15.5 Å². The van der Waals surface area contributed by atoms with Crippen molar-refractivity contribution in [1.82, 2.24) is 15.5 Å². The number of hydrogen-bond acceptors (Lipinski definition) is 5. The molecule has 2 rings (SSSR count). The zero-order chi connectivity index (χ0) is 17.2. The molecule has 2 N–H and O–H groups in total. The van der Waals surface area contributed by atoms with Crippen molar-refractivity contribution in [3.63, 3.8) is 0 Å². The van der Waals surface area contributed by atoms with Gasteiger partial charge in [-0.2, -0.15) is 0 Å². The van der Waals surface area contributed by atoms with Gasteiger partial charge in [-0.1, -0.05) is 30.3 Å². The van der Waals surface area contributed by atoms with Gasteiger partial charge in [0, 0.05) is 33.2 Å². The van der Waals surface area contributed by atoms with E-state index in [4.69, 9.17) is 9.47 Å². The monoisotopic (exact) mass is 335 g/mol. The van der Waals surface area contributed by atoms with Crippen LogP contribution >= 0.6 is 0 Å². The highest BCUT2D eigenvalue weighted by atomic mass is 16.6. The average molecular weight is 335 g/mol. The van der Waals surface area contributed by atoms with Crippen LogP contribution in [0, 0.1) is 0 Å². The van der Waals surface area contributed by atoms with Gasteiger partial charge in [0.25, 0.3) is 0 Å². The number of hydrogen-bond donors (Lipinski definition) is 2. The van der Waals surface area contributed by atoms with Gasteiger partial charge in [0.15, 0.2) is 0 Å². The minimum Gasteiger partial charge on any atom is -0.446 e. The number of piperidine rings is 1. The summed E-state index contributed by atoms with van der Waals surface area (Å²) in [6.07, 6.45) is 0.815. The highest BCUT2D eigenvalue weighted by molar-refractivity contribution is 5.67. The zero-order valence-electron chi connectivity index (χ0n) is 14.0. The van der Waals surface area contributed by atoms with Gasteiger partial charge in [-0.15, -0.1) is 0 Å². The molecule has 1 aromatic rings. The van der Waals surface area contributed by atoms with Crippen molar-refractivity contribution in [2.75, 3.05) is 33.2 Å². The molecular formula is C17H25N3O4. The molecule has 7 heteroatoms. The van der Waals surface area contributed by atoms with Crippen molar-refractivity contribution in [3.05, 3.63) is 35.9 Å². The minimum atomic E-state index is -0.406. The third-order valence-corrected chi connectivity index (χ3v) is 3.92. The molecule has 132 valence electrons. The molecular weight excluding hydrogens is 310 g/mol. The average Bonchev–Trinajstić information content (AvgIpc) is 2.62. The van der Waals surface area contributed by atoms with Gasteiger partial charge in [0.1, 0.15) is 12.7 Å². The van der Waals surface area contributed by atoms with Crippen molar-refractivity contribution >= 4 is 12.2 Å². The van der Waals surface area contributed by atoms with E-state index in [0.717, 1.165) is 38.0 Å². The van der Waals surface area contributed by atoms with Crippen LogP contribution in [0.2, 0.25) is 0 Å². The minimum absolute atomic E-state index is 0.0232. The van der Waals surface area contributed by atoms with Gasteiger partial charge in [-0.05, 0) is 18.4 Å². The lowest BCUT2D eigenvalue weighted by Crippen LogP contribution is -2.42. The first-order chi connectivity index (χ1) is 11.7. The van der Waals surface area contributed by atoms with Crippen LogP contribution in [0.15, 0.2) is 30.3 Å². The van der Waals surface area contributed by atoms with Crippen LogP contribution in [-0.2, 0) is 16.1 Å². The van der Waals surface area contributed by atoms with Crippen LogP contribution in [0.5, 0.6) is 0 Å². The predicted octanol–water partition coefficient (Wildman–Crippen LogP) is 1.73. The van der Waals surface area contributed by atoms with E-state index in [1.54, 1.807) is 7.05 Å². The summed E-state index contributed by atoms with van der Waals surface area (Å²) in [4.78, 5) is 25.0. The molecule has 0 saturated carbocycles. The van der Waals surface area contributed by atoms with E-state index in [0.29, 0.717) is 6.54 Å². The van der Waals surface area contributed by atoms with Crippen molar-refractivity contribution < 1.29 is 19.1 Å². The number of nitrogens with zero attached hydrogens (tertiary/aromatic N) is 1. The van der Waals surface area contributed by atoms with Crippen LogP contribution in [0.1, 0.15) is 18.4 Å². The summed E-state index contributed by atoms with van der Waals surface area (Å²) in [5.41, 5.74) is 0.964. The molecule has 0 bridgehead atoms. The molecule has 0 radical (unpaired) electrons. The number of nitrogens with one attached hydrogen (secondary N) is 2. The van der Waals surface area contributed by atoms with Crippen molar-refractivity contribution in [2.24, 2.45) is 0 Å². The Bertz CT molecular complexity index is 516. The molecule has 0 unspecified atom stereocenters. The van der Waals surface area contributed by atoms with Gasteiger partial charge >= 0.3 is 12.2 Å². The molecule has 0 atom stereocenters. The molecule has 24 heavy (non-hydrogen) atoms. The Balaban J connectivity index is 1.54. The predicted molar refractivity (Wildman–Crippen MR) is 89.6 cm³/mol. The normalized spacial score (nSPS) is 15.5. The van der Waals surface area contributed by atoms with Crippen LogP contribution in [0.25, 0.3) is 0 Å². The summed E-state index contributed by atoms with van der Waals surface area (Å²) >= 11 is 0. The molecule has 7 nitrogen and oxygen atoms in total. The van der Waals surface area contributed by atoms with Crippen molar-refractivity contribution in [2.45, 2.75) is 25.6 Å². The van der Waals surface area contributed by atoms with Crippen LogP contribution in [0.3, 0.4) is 0 Å². The maximum Gasteiger partial charge on any atom is 0.407 e. The molecule has 0 aromatic heterocycles. The van der Waals surface area contributed by atoms with Gasteiger partial charge in [0.05, 0.1) is 0 Å². The van der Waals surface area contributed by atoms with Crippen LogP contribution in [0.4, 0.5) is 9.59 Å². The molecule has 0 spiro atoms. The second-order valence-corrected chi connectivity index (χ2v) is 5.68. The van der Waals surface area contributed by atoms with Crippen LogP contribution < -0.4 is 10.6 Å². The smallest absolute Gasteiger partial charge is 0.407 e. The first-order valence-electron chi connectivity index (χ1n) is 8.22. The quantitative estimate of drug-likeness (QED) is 0.828. The van der Waals surface area contributed by atoms with E-state index < -0.39 is 6.09 Å². The number of carbonyl (C=O) groups excluding carboxylic acids is 2. The van der Waals surface area contributed by atoms with Gasteiger partial charge in [-0.3, -0.25) is 0 Å². The number of benzene rings is 1. The molecule has 1 aliphatic rings. The maximum atomic E-state index is 11.6. The summed E-state index contributed by atoms with van der Waals surface area (Å²) in [6, 6.07) is 9.57. The van der Waals surface area contributed by atoms with E-state index in [9.17, 15) is 9.59 Å². The lowest BCUT2D eigenvalue weighted by atomic mass is 10.1. The summed E-state index contributed by atoms with van der Waals surface area (Å²) in [7, 11) is 1.56. The number of rotatable bonds is 6. The molecule has 1 aliphatic heterocycles. The Morgan fingerprint density at radius 1 is 1.17 bits per heavy atom. The number of ether oxygens (including phenoxy) is 2. The Hall–Kier alpha value is -2.28. The SMILES string of the molecule is CNC(=O)OC1CCN(CCNC(=O)OCc2ccccc2)CC1. The lowest BCUT2D eigenvalue weighted by molar-refractivity contribution is 0.0519. The summed E-state index contributed by atoms with van der Waals surface area (Å²) in [6.45, 7) is 3.27. The fourth-order valence-corrected chi connectivity index (χ4v) is 2.55. The number of amides is 2. The summed E-state index contributed by atoms with van der Waals surface area (Å²) in [5.74, 6) is 0. The second kappa shape index (κ2) is 9.77. The second-order valence-electron chi connectivity index (χ2n) is 5.68. The Morgan fingerprint density at radius 3 is 2.54 bits per heavy atom. The Morgan fingerprint density at radius 2 is 1.88 bits per heavy atom. The standard InChI is InChI=1S/C17H25N3O4/c1-18-16(21)24-15-7-10-20(11-8-15)12-9-19-17(22)23-13-14-5-3-2-4-6-14/h2-6,15H,7-13H2,1H3,(H,18,21)(H,19,22). The maximum absolute atomic E-state index is 11.6. The largest absolute Gasteiger partial charge is 0.446 e. The highest BCUT2D eigenvalue weighted by Gasteiger charge is 2.21. The number of likely N-dealkylation sites (tertiary alicyclic amines) is 1.